The van der Waals surface area contributed by atoms with Crippen molar-refractivity contribution in [2.75, 3.05) is 20.0 Å². The van der Waals surface area contributed by atoms with Crippen molar-refractivity contribution in [3.8, 4) is 0 Å². The molecule has 0 aromatic rings. The summed E-state index contributed by atoms with van der Waals surface area (Å²) in [5, 5.41) is 10.6. The Bertz CT molecular complexity index is 667. The molecule has 0 bridgehead atoms. The van der Waals surface area contributed by atoms with Crippen LogP contribution < -0.4 is 0 Å². The minimum atomic E-state index is -2.09. The standard InChI is InChI=1S/C25H39F3O2/c1-22(30)10-11-23(2)16(12-22)4-5-17-18-6-7-20(24(18,3)9-8-19(17)23)21(29)25(13-26,14-27)15-28/h16-20,30H,4-15H2,1-3H3/t16-,17-,18-,19-,20+,22+,23-,24-/m0/s1. The fourth-order valence-electron chi connectivity index (χ4n) is 8.54. The van der Waals surface area contributed by atoms with E-state index in [2.05, 4.69) is 13.8 Å². The van der Waals surface area contributed by atoms with Crippen molar-refractivity contribution in [1.29, 1.82) is 0 Å². The monoisotopic (exact) mass is 428 g/mol. The lowest BCUT2D eigenvalue weighted by Gasteiger charge is -2.62. The highest BCUT2D eigenvalue weighted by Crippen LogP contribution is 2.68. The molecule has 0 aromatic carbocycles. The average Bonchev–Trinajstić information content (AvgIpc) is 3.07. The molecular formula is C25H39F3O2. The van der Waals surface area contributed by atoms with E-state index in [4.69, 9.17) is 0 Å². The van der Waals surface area contributed by atoms with Crippen LogP contribution in [0.15, 0.2) is 0 Å². The fraction of sp³-hybridized carbons (Fsp3) is 0.960. The maximum absolute atomic E-state index is 13.6. The summed E-state index contributed by atoms with van der Waals surface area (Å²) in [4.78, 5) is 13.2. The quantitative estimate of drug-likeness (QED) is 0.595. The van der Waals surface area contributed by atoms with Crippen molar-refractivity contribution in [2.24, 2.45) is 45.8 Å². The summed E-state index contributed by atoms with van der Waals surface area (Å²) < 4.78 is 40.8. The van der Waals surface area contributed by atoms with Crippen molar-refractivity contribution >= 4 is 5.78 Å². The molecule has 1 N–H and O–H groups in total. The Morgan fingerprint density at radius 3 is 2.13 bits per heavy atom. The third-order valence-electron chi connectivity index (χ3n) is 10.6. The highest BCUT2D eigenvalue weighted by Gasteiger charge is 2.63. The summed E-state index contributed by atoms with van der Waals surface area (Å²) in [6, 6.07) is 0. The van der Waals surface area contributed by atoms with Crippen LogP contribution in [0.2, 0.25) is 0 Å². The van der Waals surface area contributed by atoms with Gasteiger partial charge in [-0.2, -0.15) is 0 Å². The molecule has 0 aliphatic heterocycles. The van der Waals surface area contributed by atoms with E-state index in [1.807, 2.05) is 6.92 Å². The minimum Gasteiger partial charge on any atom is -0.390 e. The van der Waals surface area contributed by atoms with Gasteiger partial charge in [0.1, 0.15) is 25.4 Å². The first kappa shape index (κ1) is 22.6. The van der Waals surface area contributed by atoms with Crippen molar-refractivity contribution in [3.63, 3.8) is 0 Å². The van der Waals surface area contributed by atoms with Crippen molar-refractivity contribution in [2.45, 2.75) is 84.2 Å². The molecule has 0 saturated heterocycles. The number of Topliss-reactive ketones (excluding diaryl/α,β-unsaturated/α-hetero) is 1. The molecule has 8 atom stereocenters. The minimum absolute atomic E-state index is 0.231. The Kier molecular flexibility index (Phi) is 5.64. The summed E-state index contributed by atoms with van der Waals surface area (Å²) >= 11 is 0. The van der Waals surface area contributed by atoms with Gasteiger partial charge in [0.05, 0.1) is 5.60 Å². The summed E-state index contributed by atoms with van der Waals surface area (Å²) in [6.45, 7) is 2.79. The van der Waals surface area contributed by atoms with E-state index in [9.17, 15) is 23.1 Å². The van der Waals surface area contributed by atoms with Gasteiger partial charge in [0.15, 0.2) is 5.78 Å². The lowest BCUT2D eigenvalue weighted by molar-refractivity contribution is -0.156. The second-order valence-corrected chi connectivity index (χ2v) is 12.1. The van der Waals surface area contributed by atoms with Crippen molar-refractivity contribution < 1.29 is 23.1 Å². The topological polar surface area (TPSA) is 37.3 Å². The number of fused-ring (bicyclic) bond motifs is 5. The van der Waals surface area contributed by atoms with E-state index in [0.29, 0.717) is 30.1 Å². The van der Waals surface area contributed by atoms with Crippen molar-refractivity contribution in [1.82, 2.24) is 0 Å². The van der Waals surface area contributed by atoms with Crippen LogP contribution in [0.3, 0.4) is 0 Å². The Hall–Kier alpha value is -0.580. The maximum Gasteiger partial charge on any atom is 0.150 e. The van der Waals surface area contributed by atoms with Gasteiger partial charge in [-0.15, -0.1) is 0 Å². The second kappa shape index (κ2) is 7.49. The van der Waals surface area contributed by atoms with Crippen LogP contribution in [0.1, 0.15) is 78.6 Å². The highest BCUT2D eigenvalue weighted by molar-refractivity contribution is 5.88. The number of ketones is 1. The molecule has 4 saturated carbocycles. The number of carbonyl (C=O) groups is 1. The van der Waals surface area contributed by atoms with Gasteiger partial charge in [0.2, 0.25) is 0 Å². The van der Waals surface area contributed by atoms with Crippen molar-refractivity contribution in [3.05, 3.63) is 0 Å². The molecule has 5 heteroatoms. The van der Waals surface area contributed by atoms with Gasteiger partial charge in [-0.25, -0.2) is 13.2 Å². The largest absolute Gasteiger partial charge is 0.390 e. The van der Waals surface area contributed by atoms with Crippen LogP contribution in [-0.4, -0.2) is 36.5 Å². The number of alkyl halides is 3. The molecule has 0 unspecified atom stereocenters. The van der Waals surface area contributed by atoms with E-state index in [-0.39, 0.29) is 10.8 Å². The van der Waals surface area contributed by atoms with Crippen LogP contribution in [0.25, 0.3) is 0 Å². The summed E-state index contributed by atoms with van der Waals surface area (Å²) in [5.41, 5.74) is -2.68. The first-order valence-corrected chi connectivity index (χ1v) is 12.0. The molecule has 2 nitrogen and oxygen atoms in total. The summed E-state index contributed by atoms with van der Waals surface area (Å²) in [6.07, 6.45) is 8.46. The fourth-order valence-corrected chi connectivity index (χ4v) is 8.54. The van der Waals surface area contributed by atoms with Gasteiger partial charge < -0.3 is 5.11 Å². The third-order valence-corrected chi connectivity index (χ3v) is 10.6. The molecule has 0 spiro atoms. The van der Waals surface area contributed by atoms with Gasteiger partial charge in [0.25, 0.3) is 0 Å². The Balaban J connectivity index is 1.58. The molecule has 4 fully saturated rings. The Labute approximate surface area is 179 Å². The Morgan fingerprint density at radius 1 is 0.867 bits per heavy atom. The molecular weight excluding hydrogens is 389 g/mol. The SMILES string of the molecule is C[C@@]1(O)CC[C@@]2(C)[C@@H](CC[C@@H]3[C@@H]2CC[C@]2(C)[C@@H](C(=O)C(CF)(CF)CF)CC[C@@H]32)C1. The molecule has 30 heavy (non-hydrogen) atoms. The average molecular weight is 429 g/mol. The maximum atomic E-state index is 13.6. The normalized spacial score (nSPS) is 48.6. The third kappa shape index (κ3) is 3.11. The molecule has 0 amide bonds. The number of hydrogen-bond acceptors (Lipinski definition) is 2. The van der Waals surface area contributed by atoms with Crippen LogP contribution in [0, 0.1) is 45.8 Å². The molecule has 0 heterocycles. The number of halogens is 3. The predicted molar refractivity (Wildman–Crippen MR) is 111 cm³/mol. The highest BCUT2D eigenvalue weighted by atomic mass is 19.1. The van der Waals surface area contributed by atoms with E-state index in [1.54, 1.807) is 0 Å². The zero-order valence-corrected chi connectivity index (χ0v) is 18.9. The van der Waals surface area contributed by atoms with E-state index < -0.39 is 42.7 Å². The van der Waals surface area contributed by atoms with E-state index in [1.165, 1.54) is 0 Å². The molecule has 4 aliphatic rings. The first-order chi connectivity index (χ1) is 14.1. The molecule has 4 aliphatic carbocycles. The molecule has 172 valence electrons. The summed E-state index contributed by atoms with van der Waals surface area (Å²) in [7, 11) is 0. The lowest BCUT2D eigenvalue weighted by atomic mass is 9.43. The second-order valence-electron chi connectivity index (χ2n) is 12.1. The zero-order valence-electron chi connectivity index (χ0n) is 18.9. The molecule has 4 rings (SSSR count). The van der Waals surface area contributed by atoms with Gasteiger partial charge in [-0.05, 0) is 99.2 Å². The first-order valence-electron chi connectivity index (χ1n) is 12.0. The lowest BCUT2D eigenvalue weighted by Crippen LogP contribution is -2.56. The van der Waals surface area contributed by atoms with Gasteiger partial charge in [-0.1, -0.05) is 13.8 Å². The van der Waals surface area contributed by atoms with Crippen LogP contribution in [0.4, 0.5) is 13.2 Å². The Morgan fingerprint density at radius 2 is 1.50 bits per heavy atom. The number of hydrogen-bond donors (Lipinski definition) is 1. The van der Waals surface area contributed by atoms with Crippen LogP contribution in [-0.2, 0) is 4.79 Å². The van der Waals surface area contributed by atoms with Gasteiger partial charge in [0, 0.05) is 5.92 Å². The van der Waals surface area contributed by atoms with E-state index >= 15 is 0 Å². The van der Waals surface area contributed by atoms with Crippen LogP contribution >= 0.6 is 0 Å². The van der Waals surface area contributed by atoms with E-state index in [0.717, 1.165) is 51.4 Å². The number of carbonyl (C=O) groups excluding carboxylic acids is 1. The van der Waals surface area contributed by atoms with Gasteiger partial charge in [-0.3, -0.25) is 4.79 Å². The molecule has 0 aromatic heterocycles. The zero-order chi connectivity index (χ0) is 21.9. The number of rotatable bonds is 5. The number of aliphatic hydroxyl groups is 1. The van der Waals surface area contributed by atoms with Crippen LogP contribution in [0.5, 0.6) is 0 Å². The summed E-state index contributed by atoms with van der Waals surface area (Å²) in [5.74, 6) is 1.11. The predicted octanol–water partition coefficient (Wildman–Crippen LogP) is 5.86. The molecule has 0 radical (unpaired) electrons. The van der Waals surface area contributed by atoms with Gasteiger partial charge >= 0.3 is 0 Å². The smallest absolute Gasteiger partial charge is 0.150 e.